The minimum absolute atomic E-state index is 0.477. The standard InChI is InChI=1S/C11H21NO/c1-12-10(7-8-3-4-8)11(13-2)9-5-6-9/h8-12H,3-7H2,1-2H3. The Hall–Kier alpha value is -0.0800. The fourth-order valence-electron chi connectivity index (χ4n) is 2.24. The highest BCUT2D eigenvalue weighted by molar-refractivity contribution is 4.92. The van der Waals surface area contributed by atoms with Gasteiger partial charge >= 0.3 is 0 Å². The second-order valence-corrected chi connectivity index (χ2v) is 4.61. The van der Waals surface area contributed by atoms with Gasteiger partial charge in [0, 0.05) is 13.2 Å². The first-order valence-electron chi connectivity index (χ1n) is 5.55. The van der Waals surface area contributed by atoms with Gasteiger partial charge in [-0.05, 0) is 38.1 Å². The Balaban J connectivity index is 1.83. The van der Waals surface area contributed by atoms with Crippen molar-refractivity contribution < 1.29 is 4.74 Å². The van der Waals surface area contributed by atoms with E-state index < -0.39 is 0 Å². The summed E-state index contributed by atoms with van der Waals surface area (Å²) in [5.41, 5.74) is 0. The Kier molecular flexibility index (Phi) is 2.89. The van der Waals surface area contributed by atoms with Gasteiger partial charge in [-0.2, -0.15) is 0 Å². The lowest BCUT2D eigenvalue weighted by Gasteiger charge is -2.25. The van der Waals surface area contributed by atoms with Crippen molar-refractivity contribution in [2.45, 2.75) is 44.2 Å². The van der Waals surface area contributed by atoms with Gasteiger partial charge in [-0.15, -0.1) is 0 Å². The smallest absolute Gasteiger partial charge is 0.0752 e. The van der Waals surface area contributed by atoms with E-state index in [1.54, 1.807) is 0 Å². The molecule has 0 bridgehead atoms. The van der Waals surface area contributed by atoms with Crippen molar-refractivity contribution in [3.8, 4) is 0 Å². The van der Waals surface area contributed by atoms with E-state index in [1.165, 1.54) is 32.1 Å². The molecule has 76 valence electrons. The molecule has 0 aromatic rings. The lowest BCUT2D eigenvalue weighted by atomic mass is 10.0. The van der Waals surface area contributed by atoms with Gasteiger partial charge in [0.25, 0.3) is 0 Å². The average molecular weight is 183 g/mol. The maximum atomic E-state index is 5.59. The van der Waals surface area contributed by atoms with Crippen LogP contribution in [0.1, 0.15) is 32.1 Å². The van der Waals surface area contributed by atoms with Crippen molar-refractivity contribution in [1.29, 1.82) is 0 Å². The predicted octanol–water partition coefficient (Wildman–Crippen LogP) is 1.80. The van der Waals surface area contributed by atoms with Gasteiger partial charge in [-0.3, -0.25) is 0 Å². The Labute approximate surface area is 81.0 Å². The van der Waals surface area contributed by atoms with E-state index in [0.29, 0.717) is 12.1 Å². The highest BCUT2D eigenvalue weighted by Gasteiger charge is 2.38. The van der Waals surface area contributed by atoms with Crippen LogP contribution in [-0.4, -0.2) is 26.3 Å². The molecular formula is C11H21NO. The van der Waals surface area contributed by atoms with E-state index in [1.807, 2.05) is 7.11 Å². The third-order valence-corrected chi connectivity index (χ3v) is 3.41. The zero-order valence-corrected chi connectivity index (χ0v) is 8.75. The minimum Gasteiger partial charge on any atom is -0.380 e. The molecule has 0 amide bonds. The molecule has 2 atom stereocenters. The molecule has 2 heteroatoms. The van der Waals surface area contributed by atoms with Gasteiger partial charge in [-0.1, -0.05) is 12.8 Å². The molecule has 2 aliphatic carbocycles. The van der Waals surface area contributed by atoms with Crippen LogP contribution in [0.4, 0.5) is 0 Å². The van der Waals surface area contributed by atoms with Gasteiger partial charge in [0.1, 0.15) is 0 Å². The summed E-state index contributed by atoms with van der Waals surface area (Å²) in [7, 11) is 3.93. The third-order valence-electron chi connectivity index (χ3n) is 3.41. The Morgan fingerprint density at radius 2 is 2.00 bits per heavy atom. The third kappa shape index (κ3) is 2.44. The highest BCUT2D eigenvalue weighted by Crippen LogP contribution is 2.40. The summed E-state index contributed by atoms with van der Waals surface area (Å²) >= 11 is 0. The van der Waals surface area contributed by atoms with E-state index in [0.717, 1.165) is 11.8 Å². The SMILES string of the molecule is CNC(CC1CC1)C(OC)C1CC1. The Morgan fingerprint density at radius 1 is 1.31 bits per heavy atom. The molecule has 0 spiro atoms. The largest absolute Gasteiger partial charge is 0.380 e. The molecule has 0 radical (unpaired) electrons. The molecule has 0 aliphatic heterocycles. The van der Waals surface area contributed by atoms with E-state index in [4.69, 9.17) is 4.74 Å². The summed E-state index contributed by atoms with van der Waals surface area (Å²) in [5, 5.41) is 3.42. The number of methoxy groups -OCH3 is 1. The predicted molar refractivity (Wildman–Crippen MR) is 53.7 cm³/mol. The molecule has 2 aliphatic rings. The minimum atomic E-state index is 0.477. The molecule has 0 aromatic heterocycles. The second kappa shape index (κ2) is 3.97. The number of rotatable bonds is 6. The van der Waals surface area contributed by atoms with Gasteiger partial charge in [0.15, 0.2) is 0 Å². The van der Waals surface area contributed by atoms with E-state index in [9.17, 15) is 0 Å². The molecule has 0 heterocycles. The maximum Gasteiger partial charge on any atom is 0.0752 e. The molecule has 1 N–H and O–H groups in total. The van der Waals surface area contributed by atoms with Crippen molar-refractivity contribution in [3.63, 3.8) is 0 Å². The van der Waals surface area contributed by atoms with Crippen LogP contribution >= 0.6 is 0 Å². The van der Waals surface area contributed by atoms with Gasteiger partial charge < -0.3 is 10.1 Å². The van der Waals surface area contributed by atoms with E-state index in [2.05, 4.69) is 12.4 Å². The molecule has 2 saturated carbocycles. The lowest BCUT2D eigenvalue weighted by Crippen LogP contribution is -2.40. The molecular weight excluding hydrogens is 162 g/mol. The highest BCUT2D eigenvalue weighted by atomic mass is 16.5. The number of likely N-dealkylation sites (N-methyl/N-ethyl adjacent to an activating group) is 1. The average Bonchev–Trinajstić information content (AvgIpc) is 2.98. The van der Waals surface area contributed by atoms with Crippen molar-refractivity contribution >= 4 is 0 Å². The number of hydrogen-bond acceptors (Lipinski definition) is 2. The van der Waals surface area contributed by atoms with Gasteiger partial charge in [0.2, 0.25) is 0 Å². The molecule has 0 aromatic carbocycles. The Morgan fingerprint density at radius 3 is 2.38 bits per heavy atom. The topological polar surface area (TPSA) is 21.3 Å². The van der Waals surface area contributed by atoms with Crippen LogP contribution in [0.5, 0.6) is 0 Å². The van der Waals surface area contributed by atoms with Crippen LogP contribution in [0, 0.1) is 11.8 Å². The van der Waals surface area contributed by atoms with Crippen molar-refractivity contribution in [2.75, 3.05) is 14.2 Å². The van der Waals surface area contributed by atoms with Crippen LogP contribution in [0.25, 0.3) is 0 Å². The molecule has 13 heavy (non-hydrogen) atoms. The molecule has 2 fully saturated rings. The summed E-state index contributed by atoms with van der Waals surface area (Å²) in [6.07, 6.45) is 7.44. The first-order valence-corrected chi connectivity index (χ1v) is 5.55. The van der Waals surface area contributed by atoms with Crippen LogP contribution in [0.2, 0.25) is 0 Å². The molecule has 2 unspecified atom stereocenters. The summed E-state index contributed by atoms with van der Waals surface area (Å²) < 4.78 is 5.59. The molecule has 0 saturated heterocycles. The van der Waals surface area contributed by atoms with Crippen LogP contribution < -0.4 is 5.32 Å². The summed E-state index contributed by atoms with van der Waals surface area (Å²) in [6, 6.07) is 0.602. The monoisotopic (exact) mass is 183 g/mol. The zero-order valence-electron chi connectivity index (χ0n) is 8.75. The first-order chi connectivity index (χ1) is 6.35. The van der Waals surface area contributed by atoms with Crippen molar-refractivity contribution in [2.24, 2.45) is 11.8 Å². The van der Waals surface area contributed by atoms with Crippen LogP contribution in [-0.2, 0) is 4.74 Å². The second-order valence-electron chi connectivity index (χ2n) is 4.61. The lowest BCUT2D eigenvalue weighted by molar-refractivity contribution is 0.0490. The van der Waals surface area contributed by atoms with Gasteiger partial charge in [-0.25, -0.2) is 0 Å². The normalized spacial score (nSPS) is 27.2. The molecule has 2 rings (SSSR count). The summed E-state index contributed by atoms with van der Waals surface area (Å²) in [4.78, 5) is 0. The zero-order chi connectivity index (χ0) is 9.26. The van der Waals surface area contributed by atoms with Gasteiger partial charge in [0.05, 0.1) is 6.10 Å². The van der Waals surface area contributed by atoms with Crippen molar-refractivity contribution in [3.05, 3.63) is 0 Å². The van der Waals surface area contributed by atoms with Crippen LogP contribution in [0.15, 0.2) is 0 Å². The van der Waals surface area contributed by atoms with Crippen molar-refractivity contribution in [1.82, 2.24) is 5.32 Å². The summed E-state index contributed by atoms with van der Waals surface area (Å²) in [5.74, 6) is 1.84. The Bertz CT molecular complexity index is 163. The fraction of sp³-hybridized carbons (Fsp3) is 1.00. The first kappa shape index (κ1) is 9.47. The summed E-state index contributed by atoms with van der Waals surface area (Å²) in [6.45, 7) is 0. The fourth-order valence-corrected chi connectivity index (χ4v) is 2.24. The van der Waals surface area contributed by atoms with E-state index in [-0.39, 0.29) is 0 Å². The molecule has 2 nitrogen and oxygen atoms in total. The number of ether oxygens (including phenoxy) is 1. The van der Waals surface area contributed by atoms with Crippen LogP contribution in [0.3, 0.4) is 0 Å². The van der Waals surface area contributed by atoms with E-state index >= 15 is 0 Å². The number of nitrogens with one attached hydrogen (secondary N) is 1. The number of hydrogen-bond donors (Lipinski definition) is 1. The quantitative estimate of drug-likeness (QED) is 0.678. The maximum absolute atomic E-state index is 5.59.